The van der Waals surface area contributed by atoms with Gasteiger partial charge >= 0.3 is 0 Å². The van der Waals surface area contributed by atoms with Crippen LogP contribution in [0.4, 0.5) is 0 Å². The number of methoxy groups -OCH3 is 2. The maximum atomic E-state index is 13.2. The predicted octanol–water partition coefficient (Wildman–Crippen LogP) is 3.10. The molecule has 0 saturated carbocycles. The molecule has 1 unspecified atom stereocenters. The fourth-order valence-electron chi connectivity index (χ4n) is 3.68. The van der Waals surface area contributed by atoms with E-state index in [1.54, 1.807) is 43.1 Å². The third-order valence-corrected chi connectivity index (χ3v) is 5.39. The highest BCUT2D eigenvalue weighted by atomic mass is 16.5. The highest BCUT2D eigenvalue weighted by Crippen LogP contribution is 2.33. The van der Waals surface area contributed by atoms with E-state index < -0.39 is 0 Å². The quantitative estimate of drug-likeness (QED) is 0.607. The molecule has 4 rings (SSSR count). The van der Waals surface area contributed by atoms with Gasteiger partial charge in [-0.25, -0.2) is 4.98 Å². The van der Waals surface area contributed by atoms with Crippen LogP contribution < -0.4 is 14.2 Å². The van der Waals surface area contributed by atoms with Gasteiger partial charge in [0, 0.05) is 37.8 Å². The first-order valence-corrected chi connectivity index (χ1v) is 10.1. The molecule has 0 bridgehead atoms. The molecule has 3 aromatic rings. The molecule has 3 heterocycles. The number of likely N-dealkylation sites (tertiary alicyclic amines) is 1. The Labute approximate surface area is 181 Å². The van der Waals surface area contributed by atoms with Crippen molar-refractivity contribution in [2.45, 2.75) is 19.4 Å². The second-order valence-corrected chi connectivity index (χ2v) is 7.56. The molecular formula is C23H26N4O4. The van der Waals surface area contributed by atoms with Crippen LogP contribution in [0, 0.1) is 6.92 Å². The molecule has 0 aliphatic carbocycles. The minimum Gasteiger partial charge on any atom is -0.497 e. The first-order valence-electron chi connectivity index (χ1n) is 10.1. The first-order chi connectivity index (χ1) is 15.0. The summed E-state index contributed by atoms with van der Waals surface area (Å²) in [5, 5.41) is 4.54. The van der Waals surface area contributed by atoms with Crippen LogP contribution in [-0.4, -0.2) is 59.0 Å². The Morgan fingerprint density at radius 2 is 1.97 bits per heavy atom. The number of rotatable bonds is 6. The third kappa shape index (κ3) is 4.33. The molecule has 1 aromatic carbocycles. The highest BCUT2D eigenvalue weighted by molar-refractivity contribution is 5.94. The maximum Gasteiger partial charge on any atom is 0.272 e. The molecule has 0 spiro atoms. The first kappa shape index (κ1) is 20.7. The average Bonchev–Trinajstić information content (AvgIpc) is 3.41. The Morgan fingerprint density at radius 3 is 2.68 bits per heavy atom. The standard InChI is InChI=1S/C23H26N4O4/c1-15-5-8-22(24-13-15)31-17-9-10-27(14-17)23(28)20-12-19(25-26(20)2)18-11-16(29-3)6-7-21(18)30-4/h5-8,11-13,17H,9-10,14H2,1-4H3. The number of amides is 1. The zero-order valence-corrected chi connectivity index (χ0v) is 18.2. The van der Waals surface area contributed by atoms with Gasteiger partial charge < -0.3 is 19.1 Å². The lowest BCUT2D eigenvalue weighted by atomic mass is 10.1. The van der Waals surface area contributed by atoms with Crippen molar-refractivity contribution >= 4 is 5.91 Å². The largest absolute Gasteiger partial charge is 0.497 e. The van der Waals surface area contributed by atoms with Crippen LogP contribution in [0.1, 0.15) is 22.5 Å². The Kier molecular flexibility index (Phi) is 5.79. The summed E-state index contributed by atoms with van der Waals surface area (Å²) in [5.74, 6) is 1.86. The van der Waals surface area contributed by atoms with E-state index in [2.05, 4.69) is 10.1 Å². The maximum absolute atomic E-state index is 13.2. The normalized spacial score (nSPS) is 15.7. The van der Waals surface area contributed by atoms with Crippen molar-refractivity contribution in [3.63, 3.8) is 0 Å². The monoisotopic (exact) mass is 422 g/mol. The van der Waals surface area contributed by atoms with Crippen molar-refractivity contribution in [1.29, 1.82) is 0 Å². The van der Waals surface area contributed by atoms with Crippen molar-refractivity contribution in [1.82, 2.24) is 19.7 Å². The number of pyridine rings is 1. The lowest BCUT2D eigenvalue weighted by Gasteiger charge is -2.17. The number of ether oxygens (including phenoxy) is 3. The number of carbonyl (C=O) groups is 1. The van der Waals surface area contributed by atoms with Gasteiger partial charge in [-0.3, -0.25) is 9.48 Å². The average molecular weight is 422 g/mol. The zero-order valence-electron chi connectivity index (χ0n) is 18.2. The fraction of sp³-hybridized carbons (Fsp3) is 0.348. The fourth-order valence-corrected chi connectivity index (χ4v) is 3.68. The summed E-state index contributed by atoms with van der Waals surface area (Å²) in [6, 6.07) is 11.1. The van der Waals surface area contributed by atoms with Gasteiger partial charge in [-0.15, -0.1) is 0 Å². The van der Waals surface area contributed by atoms with Gasteiger partial charge in [0.1, 0.15) is 23.3 Å². The predicted molar refractivity (Wildman–Crippen MR) is 116 cm³/mol. The molecule has 0 N–H and O–H groups in total. The van der Waals surface area contributed by atoms with E-state index in [0.29, 0.717) is 41.9 Å². The second-order valence-electron chi connectivity index (χ2n) is 7.56. The summed E-state index contributed by atoms with van der Waals surface area (Å²) in [7, 11) is 4.98. The number of nitrogens with zero attached hydrogens (tertiary/aromatic N) is 4. The molecule has 8 heteroatoms. The summed E-state index contributed by atoms with van der Waals surface area (Å²) in [6.45, 7) is 3.12. The Bertz CT molecular complexity index is 1080. The van der Waals surface area contributed by atoms with Crippen LogP contribution in [0.25, 0.3) is 11.3 Å². The van der Waals surface area contributed by atoms with Crippen LogP contribution >= 0.6 is 0 Å². The third-order valence-electron chi connectivity index (χ3n) is 5.39. The van der Waals surface area contributed by atoms with E-state index in [1.165, 1.54) is 0 Å². The van der Waals surface area contributed by atoms with Gasteiger partial charge in [-0.1, -0.05) is 6.07 Å². The number of aromatic nitrogens is 3. The van der Waals surface area contributed by atoms with E-state index in [1.807, 2.05) is 37.3 Å². The number of benzene rings is 1. The van der Waals surface area contributed by atoms with Crippen LogP contribution in [-0.2, 0) is 7.05 Å². The Hall–Kier alpha value is -3.55. The summed E-state index contributed by atoms with van der Waals surface area (Å²) >= 11 is 0. The molecule has 1 aliphatic rings. The minimum atomic E-state index is -0.0784. The SMILES string of the molecule is COc1ccc(OC)c(-c2cc(C(=O)N3CCC(Oc4ccc(C)cn4)C3)n(C)n2)c1. The molecule has 8 nitrogen and oxygen atoms in total. The van der Waals surface area contributed by atoms with Gasteiger partial charge in [0.15, 0.2) is 0 Å². The molecule has 162 valence electrons. The van der Waals surface area contributed by atoms with Crippen molar-refractivity contribution in [2.75, 3.05) is 27.3 Å². The van der Waals surface area contributed by atoms with Gasteiger partial charge in [0.2, 0.25) is 5.88 Å². The van der Waals surface area contributed by atoms with Crippen LogP contribution in [0.2, 0.25) is 0 Å². The van der Waals surface area contributed by atoms with E-state index in [9.17, 15) is 4.79 Å². The van der Waals surface area contributed by atoms with E-state index >= 15 is 0 Å². The summed E-state index contributed by atoms with van der Waals surface area (Å²) in [5.41, 5.74) is 3.01. The van der Waals surface area contributed by atoms with Gasteiger partial charge in [0.25, 0.3) is 5.91 Å². The van der Waals surface area contributed by atoms with Gasteiger partial charge in [-0.2, -0.15) is 5.10 Å². The molecule has 0 radical (unpaired) electrons. The number of hydrogen-bond donors (Lipinski definition) is 0. The molecule has 2 aromatic heterocycles. The topological polar surface area (TPSA) is 78.7 Å². The van der Waals surface area contributed by atoms with E-state index in [4.69, 9.17) is 14.2 Å². The summed E-state index contributed by atoms with van der Waals surface area (Å²) in [6.07, 6.45) is 2.46. The molecular weight excluding hydrogens is 396 g/mol. The molecule has 1 fully saturated rings. The van der Waals surface area contributed by atoms with Crippen molar-refractivity contribution in [3.05, 3.63) is 53.9 Å². The molecule has 1 aliphatic heterocycles. The number of hydrogen-bond acceptors (Lipinski definition) is 6. The van der Waals surface area contributed by atoms with Crippen molar-refractivity contribution in [3.8, 4) is 28.6 Å². The second kappa shape index (κ2) is 8.67. The molecule has 1 amide bonds. The van der Waals surface area contributed by atoms with Crippen LogP contribution in [0.5, 0.6) is 17.4 Å². The molecule has 31 heavy (non-hydrogen) atoms. The van der Waals surface area contributed by atoms with E-state index in [0.717, 1.165) is 17.5 Å². The number of aryl methyl sites for hydroxylation is 2. The Balaban J connectivity index is 1.50. The smallest absolute Gasteiger partial charge is 0.272 e. The van der Waals surface area contributed by atoms with Gasteiger partial charge in [-0.05, 0) is 36.8 Å². The highest BCUT2D eigenvalue weighted by Gasteiger charge is 2.30. The van der Waals surface area contributed by atoms with E-state index in [-0.39, 0.29) is 12.0 Å². The van der Waals surface area contributed by atoms with Crippen LogP contribution in [0.3, 0.4) is 0 Å². The summed E-state index contributed by atoms with van der Waals surface area (Å²) in [4.78, 5) is 19.3. The van der Waals surface area contributed by atoms with Crippen molar-refractivity contribution in [2.24, 2.45) is 7.05 Å². The lowest BCUT2D eigenvalue weighted by Crippen LogP contribution is -2.32. The van der Waals surface area contributed by atoms with Crippen molar-refractivity contribution < 1.29 is 19.0 Å². The summed E-state index contributed by atoms with van der Waals surface area (Å²) < 4.78 is 18.3. The van der Waals surface area contributed by atoms with Gasteiger partial charge in [0.05, 0.1) is 26.5 Å². The minimum absolute atomic E-state index is 0.0777. The molecule has 1 saturated heterocycles. The lowest BCUT2D eigenvalue weighted by molar-refractivity contribution is 0.0760. The van der Waals surface area contributed by atoms with Crippen LogP contribution in [0.15, 0.2) is 42.6 Å². The Morgan fingerprint density at radius 1 is 1.13 bits per heavy atom. The molecule has 1 atom stereocenters. The number of carbonyl (C=O) groups excluding carboxylic acids is 1. The zero-order chi connectivity index (χ0) is 22.0.